The average Bonchev–Trinajstić information content (AvgIpc) is 1.97. The van der Waals surface area contributed by atoms with Crippen LogP contribution in [0.4, 0.5) is 0 Å². The van der Waals surface area contributed by atoms with Gasteiger partial charge in [0.2, 0.25) is 0 Å². The molecule has 0 radical (unpaired) electrons. The largest absolute Gasteiger partial charge is 0.401 e. The number of rotatable bonds is 5. The fourth-order valence-electron chi connectivity index (χ4n) is 0.508. The standard InChI is InChI=1S/C8H19N3O/c1-6(2)8(9)5-11-10-4-7(3)12/h5-7,10-12H,4,9H2,1-3H3/b8-5-. The summed E-state index contributed by atoms with van der Waals surface area (Å²) in [5.41, 5.74) is 12.0. The molecule has 1 unspecified atom stereocenters. The molecule has 4 heteroatoms. The molecule has 0 heterocycles. The molecule has 0 aromatic carbocycles. The maximum atomic E-state index is 8.87. The van der Waals surface area contributed by atoms with E-state index < -0.39 is 0 Å². The van der Waals surface area contributed by atoms with E-state index >= 15 is 0 Å². The Hall–Kier alpha value is -0.740. The molecular formula is C8H19N3O. The van der Waals surface area contributed by atoms with Crippen molar-refractivity contribution < 1.29 is 5.11 Å². The van der Waals surface area contributed by atoms with Crippen LogP contribution in [0.1, 0.15) is 20.8 Å². The van der Waals surface area contributed by atoms with E-state index in [0.29, 0.717) is 12.5 Å². The van der Waals surface area contributed by atoms with Crippen molar-refractivity contribution in [2.45, 2.75) is 26.9 Å². The summed E-state index contributed by atoms with van der Waals surface area (Å²) < 4.78 is 0. The van der Waals surface area contributed by atoms with Crippen molar-refractivity contribution in [1.82, 2.24) is 10.9 Å². The van der Waals surface area contributed by atoms with Gasteiger partial charge in [0, 0.05) is 18.4 Å². The Morgan fingerprint density at radius 2 is 2.08 bits per heavy atom. The van der Waals surface area contributed by atoms with Crippen LogP contribution in [0.25, 0.3) is 0 Å². The monoisotopic (exact) mass is 173 g/mol. The van der Waals surface area contributed by atoms with Gasteiger partial charge in [0.05, 0.1) is 6.10 Å². The number of allylic oxidation sites excluding steroid dienone is 1. The van der Waals surface area contributed by atoms with E-state index in [4.69, 9.17) is 10.8 Å². The first-order valence-electron chi connectivity index (χ1n) is 4.16. The molecule has 0 aliphatic heterocycles. The summed E-state index contributed by atoms with van der Waals surface area (Å²) in [6.45, 7) is 6.25. The van der Waals surface area contributed by atoms with Gasteiger partial charge in [-0.1, -0.05) is 13.8 Å². The second kappa shape index (κ2) is 5.85. The maximum Gasteiger partial charge on any atom is 0.0654 e. The van der Waals surface area contributed by atoms with Crippen LogP contribution in [0.2, 0.25) is 0 Å². The smallest absolute Gasteiger partial charge is 0.0654 e. The molecule has 0 amide bonds. The summed E-state index contributed by atoms with van der Waals surface area (Å²) in [5.74, 6) is 0.339. The van der Waals surface area contributed by atoms with Crippen molar-refractivity contribution in [3.63, 3.8) is 0 Å². The zero-order chi connectivity index (χ0) is 9.56. The first kappa shape index (κ1) is 11.3. The van der Waals surface area contributed by atoms with Gasteiger partial charge in [-0.3, -0.25) is 0 Å². The van der Waals surface area contributed by atoms with E-state index in [0.717, 1.165) is 5.70 Å². The van der Waals surface area contributed by atoms with Crippen LogP contribution >= 0.6 is 0 Å². The van der Waals surface area contributed by atoms with E-state index in [1.54, 1.807) is 13.1 Å². The van der Waals surface area contributed by atoms with Gasteiger partial charge in [-0.05, 0) is 12.8 Å². The van der Waals surface area contributed by atoms with Crippen LogP contribution in [-0.4, -0.2) is 17.8 Å². The summed E-state index contributed by atoms with van der Waals surface area (Å²) in [5, 5.41) is 8.87. The van der Waals surface area contributed by atoms with Crippen LogP contribution in [0, 0.1) is 5.92 Å². The van der Waals surface area contributed by atoms with Crippen molar-refractivity contribution in [1.29, 1.82) is 0 Å². The third kappa shape index (κ3) is 6.00. The normalized spacial score (nSPS) is 14.9. The molecule has 1 atom stereocenters. The summed E-state index contributed by atoms with van der Waals surface area (Å²) in [7, 11) is 0. The number of hydrogen-bond acceptors (Lipinski definition) is 4. The Balaban J connectivity index is 3.47. The minimum Gasteiger partial charge on any atom is -0.401 e. The number of hydrogen-bond donors (Lipinski definition) is 4. The molecule has 0 aromatic rings. The third-order valence-electron chi connectivity index (χ3n) is 1.41. The lowest BCUT2D eigenvalue weighted by molar-refractivity contribution is 0.188. The Labute approximate surface area is 73.8 Å². The topological polar surface area (TPSA) is 70.3 Å². The van der Waals surface area contributed by atoms with E-state index in [2.05, 4.69) is 10.9 Å². The van der Waals surface area contributed by atoms with Crippen LogP contribution in [-0.2, 0) is 0 Å². The van der Waals surface area contributed by atoms with Crippen molar-refractivity contribution in [2.24, 2.45) is 11.7 Å². The number of aliphatic hydroxyl groups excluding tert-OH is 1. The second-order valence-corrected chi connectivity index (χ2v) is 3.17. The van der Waals surface area contributed by atoms with Gasteiger partial charge in [0.1, 0.15) is 0 Å². The van der Waals surface area contributed by atoms with Crippen LogP contribution in [0.5, 0.6) is 0 Å². The van der Waals surface area contributed by atoms with Gasteiger partial charge in [-0.2, -0.15) is 0 Å². The molecule has 0 aliphatic rings. The molecule has 0 aliphatic carbocycles. The minimum atomic E-state index is -0.355. The Kier molecular flexibility index (Phi) is 5.49. The predicted octanol–water partition coefficient (Wildman–Crippen LogP) is -0.0825. The number of hydrazine groups is 1. The molecule has 0 saturated carbocycles. The Bertz CT molecular complexity index is 143. The van der Waals surface area contributed by atoms with Gasteiger partial charge in [0.15, 0.2) is 0 Å². The fraction of sp³-hybridized carbons (Fsp3) is 0.750. The number of nitrogens with two attached hydrogens (primary N) is 1. The predicted molar refractivity (Wildman–Crippen MR) is 49.9 cm³/mol. The summed E-state index contributed by atoms with van der Waals surface area (Å²) >= 11 is 0. The minimum absolute atomic E-state index is 0.339. The number of aliphatic hydroxyl groups is 1. The fourth-order valence-corrected chi connectivity index (χ4v) is 0.508. The molecule has 72 valence electrons. The average molecular weight is 173 g/mol. The molecule has 0 spiro atoms. The van der Waals surface area contributed by atoms with Crippen molar-refractivity contribution >= 4 is 0 Å². The highest BCUT2D eigenvalue weighted by atomic mass is 16.3. The van der Waals surface area contributed by atoms with Crippen molar-refractivity contribution in [2.75, 3.05) is 6.54 Å². The zero-order valence-corrected chi connectivity index (χ0v) is 7.96. The third-order valence-corrected chi connectivity index (χ3v) is 1.41. The van der Waals surface area contributed by atoms with E-state index in [1.807, 2.05) is 13.8 Å². The molecule has 0 saturated heterocycles. The Morgan fingerprint density at radius 1 is 1.50 bits per heavy atom. The lowest BCUT2D eigenvalue weighted by Gasteiger charge is -2.08. The molecule has 0 rings (SSSR count). The van der Waals surface area contributed by atoms with E-state index in [1.165, 1.54) is 0 Å². The van der Waals surface area contributed by atoms with Crippen LogP contribution in [0.15, 0.2) is 11.9 Å². The van der Waals surface area contributed by atoms with Gasteiger partial charge < -0.3 is 16.3 Å². The molecule has 12 heavy (non-hydrogen) atoms. The molecule has 0 fully saturated rings. The molecular weight excluding hydrogens is 154 g/mol. The molecule has 5 N–H and O–H groups in total. The van der Waals surface area contributed by atoms with Gasteiger partial charge >= 0.3 is 0 Å². The first-order valence-corrected chi connectivity index (χ1v) is 4.16. The lowest BCUT2D eigenvalue weighted by Crippen LogP contribution is -2.34. The molecule has 4 nitrogen and oxygen atoms in total. The maximum absolute atomic E-state index is 8.87. The highest BCUT2D eigenvalue weighted by molar-refractivity contribution is 4.96. The molecule has 0 bridgehead atoms. The van der Waals surface area contributed by atoms with Crippen LogP contribution in [0.3, 0.4) is 0 Å². The summed E-state index contributed by atoms with van der Waals surface area (Å²) in [6, 6.07) is 0. The second-order valence-electron chi connectivity index (χ2n) is 3.17. The van der Waals surface area contributed by atoms with Crippen molar-refractivity contribution in [3.05, 3.63) is 11.9 Å². The quantitative estimate of drug-likeness (QED) is 0.346. The van der Waals surface area contributed by atoms with Crippen molar-refractivity contribution in [3.8, 4) is 0 Å². The van der Waals surface area contributed by atoms with Gasteiger partial charge in [-0.25, -0.2) is 5.43 Å². The molecule has 0 aromatic heterocycles. The SMILES string of the molecule is CC(O)CNN/C=C(\N)C(C)C. The lowest BCUT2D eigenvalue weighted by atomic mass is 10.2. The summed E-state index contributed by atoms with van der Waals surface area (Å²) in [6.07, 6.45) is 1.35. The Morgan fingerprint density at radius 3 is 2.50 bits per heavy atom. The van der Waals surface area contributed by atoms with Gasteiger partial charge in [-0.15, -0.1) is 0 Å². The number of nitrogens with one attached hydrogen (secondary N) is 2. The van der Waals surface area contributed by atoms with E-state index in [-0.39, 0.29) is 6.10 Å². The zero-order valence-electron chi connectivity index (χ0n) is 7.96. The van der Waals surface area contributed by atoms with E-state index in [9.17, 15) is 0 Å². The van der Waals surface area contributed by atoms with Gasteiger partial charge in [0.25, 0.3) is 0 Å². The highest BCUT2D eigenvalue weighted by Gasteiger charge is 1.95. The van der Waals surface area contributed by atoms with Crippen LogP contribution < -0.4 is 16.6 Å². The summed E-state index contributed by atoms with van der Waals surface area (Å²) in [4.78, 5) is 0. The first-order chi connectivity index (χ1) is 5.54. The highest BCUT2D eigenvalue weighted by Crippen LogP contribution is 1.98.